The summed E-state index contributed by atoms with van der Waals surface area (Å²) in [4.78, 5) is 10.3. The van der Waals surface area contributed by atoms with E-state index < -0.39 is 12.6 Å². The molecule has 0 aliphatic rings. The molecule has 0 spiro atoms. The largest absolute Gasteiger partial charge is 0.493 e. The van der Waals surface area contributed by atoms with Crippen LogP contribution in [0.1, 0.15) is 5.56 Å². The van der Waals surface area contributed by atoms with E-state index in [-0.39, 0.29) is 16.5 Å². The zero-order valence-corrected chi connectivity index (χ0v) is 9.95. The molecule has 0 aliphatic carbocycles. The van der Waals surface area contributed by atoms with Crippen LogP contribution in [-0.2, 0) is 4.79 Å². The molecule has 0 aromatic heterocycles. The number of carboxylic acids is 1. The molecule has 0 saturated carbocycles. The molecule has 0 atom stereocenters. The van der Waals surface area contributed by atoms with Gasteiger partial charge in [0, 0.05) is 6.08 Å². The third kappa shape index (κ3) is 3.89. The van der Waals surface area contributed by atoms with Gasteiger partial charge < -0.3 is 14.6 Å². The monoisotopic (exact) mass is 278 g/mol. The molecule has 0 radical (unpaired) electrons. The van der Waals surface area contributed by atoms with Gasteiger partial charge in [-0.1, -0.05) is 11.6 Å². The normalized spacial score (nSPS) is 10.9. The van der Waals surface area contributed by atoms with Gasteiger partial charge >= 0.3 is 12.6 Å². The van der Waals surface area contributed by atoms with Crippen molar-refractivity contribution in [1.82, 2.24) is 0 Å². The first kappa shape index (κ1) is 14.2. The van der Waals surface area contributed by atoms with E-state index in [4.69, 9.17) is 21.4 Å². The third-order valence-electron chi connectivity index (χ3n) is 1.88. The van der Waals surface area contributed by atoms with Crippen LogP contribution < -0.4 is 9.47 Å². The molecule has 0 heterocycles. The Bertz CT molecular complexity index is 474. The van der Waals surface area contributed by atoms with E-state index in [1.807, 2.05) is 0 Å². The summed E-state index contributed by atoms with van der Waals surface area (Å²) in [5, 5.41) is 8.37. The molecule has 18 heavy (non-hydrogen) atoms. The van der Waals surface area contributed by atoms with Gasteiger partial charge in [-0.25, -0.2) is 4.79 Å². The topological polar surface area (TPSA) is 55.8 Å². The molecule has 0 amide bonds. The second kappa shape index (κ2) is 6.20. The Kier molecular flexibility index (Phi) is 4.91. The minimum Gasteiger partial charge on any atom is -0.493 e. The molecule has 0 fully saturated rings. The molecule has 1 aromatic carbocycles. The van der Waals surface area contributed by atoms with E-state index in [0.717, 1.165) is 6.08 Å². The Morgan fingerprint density at radius 1 is 1.50 bits per heavy atom. The summed E-state index contributed by atoms with van der Waals surface area (Å²) in [6, 6.07) is 2.63. The number of carbonyl (C=O) groups is 1. The summed E-state index contributed by atoms with van der Waals surface area (Å²) in [5.41, 5.74) is 0.390. The number of hydrogen-bond acceptors (Lipinski definition) is 3. The molecule has 0 bridgehead atoms. The number of rotatable bonds is 5. The van der Waals surface area contributed by atoms with Crippen LogP contribution in [0, 0.1) is 0 Å². The first-order valence-corrected chi connectivity index (χ1v) is 5.05. The van der Waals surface area contributed by atoms with Crippen molar-refractivity contribution in [3.05, 3.63) is 28.8 Å². The summed E-state index contributed by atoms with van der Waals surface area (Å²) in [5.74, 6) is -1.44. The number of carboxylic acid groups (broad SMARTS) is 1. The van der Waals surface area contributed by atoms with E-state index in [0.29, 0.717) is 5.56 Å². The summed E-state index contributed by atoms with van der Waals surface area (Å²) in [6.07, 6.45) is 2.14. The lowest BCUT2D eigenvalue weighted by Crippen LogP contribution is -2.04. The van der Waals surface area contributed by atoms with Crippen LogP contribution in [-0.4, -0.2) is 24.8 Å². The number of aliphatic carboxylic acids is 1. The first-order valence-electron chi connectivity index (χ1n) is 4.67. The average Bonchev–Trinajstić information content (AvgIpc) is 2.28. The second-order valence-electron chi connectivity index (χ2n) is 3.08. The molecular weight excluding hydrogens is 270 g/mol. The lowest BCUT2D eigenvalue weighted by Gasteiger charge is -2.12. The Morgan fingerprint density at radius 3 is 2.67 bits per heavy atom. The van der Waals surface area contributed by atoms with Crippen LogP contribution in [0.2, 0.25) is 5.02 Å². The first-order chi connectivity index (χ1) is 8.43. The van der Waals surface area contributed by atoms with Crippen molar-refractivity contribution in [1.29, 1.82) is 0 Å². The van der Waals surface area contributed by atoms with E-state index >= 15 is 0 Å². The van der Waals surface area contributed by atoms with Crippen molar-refractivity contribution in [2.24, 2.45) is 0 Å². The van der Waals surface area contributed by atoms with Crippen molar-refractivity contribution < 1.29 is 28.2 Å². The quantitative estimate of drug-likeness (QED) is 0.841. The van der Waals surface area contributed by atoms with Gasteiger partial charge in [-0.3, -0.25) is 0 Å². The highest BCUT2D eigenvalue weighted by Gasteiger charge is 2.15. The van der Waals surface area contributed by atoms with E-state index in [1.165, 1.54) is 25.3 Å². The van der Waals surface area contributed by atoms with Crippen molar-refractivity contribution >= 4 is 23.6 Å². The van der Waals surface area contributed by atoms with Crippen LogP contribution in [0.4, 0.5) is 8.78 Å². The number of ether oxygens (including phenoxy) is 2. The van der Waals surface area contributed by atoms with Crippen molar-refractivity contribution in [3.63, 3.8) is 0 Å². The molecule has 98 valence electrons. The Balaban J connectivity index is 3.14. The minimum absolute atomic E-state index is 0.00663. The molecule has 1 aromatic rings. The number of hydrogen-bond donors (Lipinski definition) is 1. The van der Waals surface area contributed by atoms with Gasteiger partial charge in [-0.2, -0.15) is 8.78 Å². The van der Waals surface area contributed by atoms with Gasteiger partial charge in [0.15, 0.2) is 11.5 Å². The molecule has 1 rings (SSSR count). The minimum atomic E-state index is -3.03. The predicted molar refractivity (Wildman–Crippen MR) is 61.3 cm³/mol. The standard InChI is InChI=1S/C11H9ClF2O4/c1-17-8-5-6(2-3-9(15)16)4-7(12)10(8)18-11(13)14/h2-5,11H,1H3,(H,15,16)/b3-2+. The van der Waals surface area contributed by atoms with Crippen LogP contribution in [0.5, 0.6) is 11.5 Å². The molecule has 0 unspecified atom stereocenters. The zero-order valence-electron chi connectivity index (χ0n) is 9.19. The molecule has 0 saturated heterocycles. The van der Waals surface area contributed by atoms with Crippen LogP contribution in [0.25, 0.3) is 6.08 Å². The molecule has 0 aliphatic heterocycles. The maximum absolute atomic E-state index is 12.1. The number of alkyl halides is 2. The maximum atomic E-state index is 12.1. The van der Waals surface area contributed by atoms with Crippen molar-refractivity contribution in [2.75, 3.05) is 7.11 Å². The van der Waals surface area contributed by atoms with Gasteiger partial charge in [0.05, 0.1) is 12.1 Å². The number of benzene rings is 1. The highest BCUT2D eigenvalue weighted by atomic mass is 35.5. The Hall–Kier alpha value is -1.82. The Labute approximate surface area is 106 Å². The van der Waals surface area contributed by atoms with Gasteiger partial charge in [-0.05, 0) is 23.8 Å². The van der Waals surface area contributed by atoms with Crippen molar-refractivity contribution in [3.8, 4) is 11.5 Å². The van der Waals surface area contributed by atoms with Gasteiger partial charge in [0.2, 0.25) is 0 Å². The lowest BCUT2D eigenvalue weighted by atomic mass is 10.2. The zero-order chi connectivity index (χ0) is 13.7. The van der Waals surface area contributed by atoms with E-state index in [1.54, 1.807) is 0 Å². The fourth-order valence-corrected chi connectivity index (χ4v) is 1.47. The van der Waals surface area contributed by atoms with Gasteiger partial charge in [0.25, 0.3) is 0 Å². The Morgan fingerprint density at radius 2 is 2.17 bits per heavy atom. The lowest BCUT2D eigenvalue weighted by molar-refractivity contribution is -0.131. The van der Waals surface area contributed by atoms with Crippen molar-refractivity contribution in [2.45, 2.75) is 6.61 Å². The summed E-state index contributed by atoms with van der Waals surface area (Å²) >= 11 is 5.75. The van der Waals surface area contributed by atoms with E-state index in [2.05, 4.69) is 4.74 Å². The highest BCUT2D eigenvalue weighted by Crippen LogP contribution is 2.37. The summed E-state index contributed by atoms with van der Waals surface area (Å²) < 4.78 is 33.4. The highest BCUT2D eigenvalue weighted by molar-refractivity contribution is 6.32. The van der Waals surface area contributed by atoms with Crippen LogP contribution in [0.3, 0.4) is 0 Å². The summed E-state index contributed by atoms with van der Waals surface area (Å²) in [7, 11) is 1.26. The fraction of sp³-hybridized carbons (Fsp3) is 0.182. The molecule has 4 nitrogen and oxygen atoms in total. The number of methoxy groups -OCH3 is 1. The average molecular weight is 279 g/mol. The number of halogens is 3. The second-order valence-corrected chi connectivity index (χ2v) is 3.49. The summed E-state index contributed by atoms with van der Waals surface area (Å²) in [6.45, 7) is -3.03. The molecular formula is C11H9ClF2O4. The van der Waals surface area contributed by atoms with Crippen LogP contribution >= 0.6 is 11.6 Å². The molecule has 1 N–H and O–H groups in total. The predicted octanol–water partition coefficient (Wildman–Crippen LogP) is 3.05. The van der Waals surface area contributed by atoms with E-state index in [9.17, 15) is 13.6 Å². The third-order valence-corrected chi connectivity index (χ3v) is 2.16. The van der Waals surface area contributed by atoms with Gasteiger partial charge in [0.1, 0.15) is 0 Å². The van der Waals surface area contributed by atoms with Crippen LogP contribution in [0.15, 0.2) is 18.2 Å². The maximum Gasteiger partial charge on any atom is 0.387 e. The SMILES string of the molecule is COc1cc(/C=C/C(=O)O)cc(Cl)c1OC(F)F. The van der Waals surface area contributed by atoms with Gasteiger partial charge in [-0.15, -0.1) is 0 Å². The smallest absolute Gasteiger partial charge is 0.387 e. The fourth-order valence-electron chi connectivity index (χ4n) is 1.21. The molecule has 7 heteroatoms.